The minimum Gasteiger partial charge on any atom is -0.497 e. The van der Waals surface area contributed by atoms with Gasteiger partial charge in [-0.05, 0) is 46.8 Å². The largest absolute Gasteiger partial charge is 0.497 e. The molecule has 0 amide bonds. The summed E-state index contributed by atoms with van der Waals surface area (Å²) < 4.78 is 26.6. The van der Waals surface area contributed by atoms with Crippen LogP contribution >= 0.6 is 0 Å². The molecule has 9 heteroatoms. The summed E-state index contributed by atoms with van der Waals surface area (Å²) in [5.41, 5.74) is 1.77. The Kier molecular flexibility index (Phi) is 6.73. The van der Waals surface area contributed by atoms with Gasteiger partial charge in [0.15, 0.2) is 6.04 Å². The Hall–Kier alpha value is -3.04. The molecule has 0 radical (unpaired) electrons. The molecule has 0 spiro atoms. The van der Waals surface area contributed by atoms with Crippen LogP contribution in [0, 0.1) is 5.82 Å². The highest BCUT2D eigenvalue weighted by atomic mass is 19.1. The van der Waals surface area contributed by atoms with E-state index < -0.39 is 0 Å². The van der Waals surface area contributed by atoms with Crippen LogP contribution in [0.1, 0.15) is 17.4 Å². The molecule has 1 fully saturated rings. The number of quaternary nitrogens is 1. The topological polar surface area (TPSA) is 69.7 Å². The molecule has 2 heterocycles. The predicted octanol–water partition coefficient (Wildman–Crippen LogP) is 0.962. The Morgan fingerprint density at radius 2 is 1.81 bits per heavy atom. The predicted molar refractivity (Wildman–Crippen MR) is 114 cm³/mol. The van der Waals surface area contributed by atoms with Gasteiger partial charge in [0, 0.05) is 12.7 Å². The van der Waals surface area contributed by atoms with Crippen molar-refractivity contribution in [3.63, 3.8) is 0 Å². The smallest absolute Gasteiger partial charge is 0.214 e. The lowest BCUT2D eigenvalue weighted by molar-refractivity contribution is -0.927. The van der Waals surface area contributed by atoms with Crippen molar-refractivity contribution in [1.29, 1.82) is 0 Å². The number of piperazine rings is 1. The number of halogens is 1. The van der Waals surface area contributed by atoms with E-state index in [2.05, 4.69) is 32.6 Å². The van der Waals surface area contributed by atoms with Crippen LogP contribution in [-0.2, 0) is 11.3 Å². The number of para-hydroxylation sites is 1. The van der Waals surface area contributed by atoms with E-state index in [9.17, 15) is 4.39 Å². The van der Waals surface area contributed by atoms with Crippen LogP contribution in [0.15, 0.2) is 48.5 Å². The van der Waals surface area contributed by atoms with E-state index in [0.29, 0.717) is 18.8 Å². The van der Waals surface area contributed by atoms with Crippen molar-refractivity contribution in [3.8, 4) is 5.75 Å². The van der Waals surface area contributed by atoms with Crippen LogP contribution in [0.2, 0.25) is 0 Å². The number of ether oxygens (including phenoxy) is 2. The summed E-state index contributed by atoms with van der Waals surface area (Å²) in [6.45, 7) is 4.29. The summed E-state index contributed by atoms with van der Waals surface area (Å²) in [4.78, 5) is 3.45. The van der Waals surface area contributed by atoms with E-state index in [0.717, 1.165) is 43.3 Å². The zero-order valence-electron chi connectivity index (χ0n) is 17.9. The molecule has 1 aliphatic heterocycles. The van der Waals surface area contributed by atoms with Crippen molar-refractivity contribution >= 4 is 5.69 Å². The molecular formula is C22H28FN6O2+. The van der Waals surface area contributed by atoms with Gasteiger partial charge in [0.2, 0.25) is 5.82 Å². The van der Waals surface area contributed by atoms with Gasteiger partial charge in [-0.25, -0.2) is 9.07 Å². The second kappa shape index (κ2) is 9.84. The molecule has 0 unspecified atom stereocenters. The standard InChI is InChI=1S/C22H27FN6O2/c1-30-16-15-29-22(24-25-26-29)21(17-7-9-18(31-2)10-8-17)28-13-11-27(12-14-28)20-6-4-3-5-19(20)23/h3-10,21H,11-16H2,1-2H3/p+1/t21-/m1/s1. The Morgan fingerprint density at radius 1 is 1.06 bits per heavy atom. The molecule has 1 aromatic heterocycles. The number of hydrogen-bond donors (Lipinski definition) is 1. The fourth-order valence-electron chi connectivity index (χ4n) is 4.15. The summed E-state index contributed by atoms with van der Waals surface area (Å²) in [5, 5.41) is 12.5. The van der Waals surface area contributed by atoms with Gasteiger partial charge in [-0.15, -0.1) is 5.10 Å². The van der Waals surface area contributed by atoms with E-state index in [1.807, 2.05) is 28.9 Å². The number of aromatic nitrogens is 4. The summed E-state index contributed by atoms with van der Waals surface area (Å²) >= 11 is 0. The number of nitrogens with one attached hydrogen (secondary N) is 1. The number of tetrazole rings is 1. The highest BCUT2D eigenvalue weighted by Crippen LogP contribution is 2.22. The molecule has 1 aliphatic rings. The summed E-state index contributed by atoms with van der Waals surface area (Å²) in [6, 6.07) is 15.0. The molecular weight excluding hydrogens is 399 g/mol. The van der Waals surface area contributed by atoms with Gasteiger partial charge in [0.05, 0.1) is 52.1 Å². The zero-order valence-corrected chi connectivity index (χ0v) is 17.9. The maximum atomic E-state index is 14.3. The van der Waals surface area contributed by atoms with Crippen LogP contribution < -0.4 is 14.5 Å². The SMILES string of the molecule is COCCn1nnnc1[C@@H](c1ccc(OC)cc1)[NH+]1CCN(c2ccccc2F)CC1. The van der Waals surface area contributed by atoms with Crippen LogP contribution in [0.5, 0.6) is 5.75 Å². The van der Waals surface area contributed by atoms with Gasteiger partial charge >= 0.3 is 0 Å². The molecule has 2 aromatic carbocycles. The number of rotatable bonds is 8. The second-order valence-corrected chi connectivity index (χ2v) is 7.56. The molecule has 8 nitrogen and oxygen atoms in total. The van der Waals surface area contributed by atoms with Crippen LogP contribution in [-0.4, -0.2) is 67.2 Å². The molecule has 0 aliphatic carbocycles. The number of nitrogens with zero attached hydrogens (tertiary/aromatic N) is 5. The summed E-state index contributed by atoms with van der Waals surface area (Å²) in [6.07, 6.45) is 0. The van der Waals surface area contributed by atoms with Crippen molar-refractivity contribution in [2.24, 2.45) is 0 Å². The van der Waals surface area contributed by atoms with Crippen LogP contribution in [0.3, 0.4) is 0 Å². The normalized spacial score (nSPS) is 15.8. The number of anilines is 1. The van der Waals surface area contributed by atoms with Gasteiger partial charge in [0.25, 0.3) is 0 Å². The lowest BCUT2D eigenvalue weighted by Crippen LogP contribution is -3.15. The quantitative estimate of drug-likeness (QED) is 0.578. The molecule has 1 atom stereocenters. The van der Waals surface area contributed by atoms with Crippen molar-refractivity contribution < 1.29 is 18.8 Å². The third kappa shape index (κ3) is 4.67. The van der Waals surface area contributed by atoms with Crippen molar-refractivity contribution in [1.82, 2.24) is 20.2 Å². The van der Waals surface area contributed by atoms with E-state index in [-0.39, 0.29) is 11.9 Å². The van der Waals surface area contributed by atoms with Gasteiger partial charge in [-0.2, -0.15) is 0 Å². The van der Waals surface area contributed by atoms with Crippen molar-refractivity contribution in [3.05, 3.63) is 65.7 Å². The summed E-state index contributed by atoms with van der Waals surface area (Å²) in [7, 11) is 3.32. The maximum Gasteiger partial charge on any atom is 0.214 e. The third-order valence-electron chi connectivity index (χ3n) is 5.78. The molecule has 1 saturated heterocycles. The van der Waals surface area contributed by atoms with Gasteiger partial charge in [-0.1, -0.05) is 12.1 Å². The number of benzene rings is 2. The lowest BCUT2D eigenvalue weighted by Gasteiger charge is -2.37. The highest BCUT2D eigenvalue weighted by molar-refractivity contribution is 5.47. The molecule has 0 saturated carbocycles. The van der Waals surface area contributed by atoms with Gasteiger partial charge in [-0.3, -0.25) is 0 Å². The Morgan fingerprint density at radius 3 is 2.48 bits per heavy atom. The average Bonchev–Trinajstić information content (AvgIpc) is 3.27. The van der Waals surface area contributed by atoms with E-state index in [1.54, 1.807) is 20.3 Å². The van der Waals surface area contributed by atoms with E-state index >= 15 is 0 Å². The maximum absolute atomic E-state index is 14.3. The van der Waals surface area contributed by atoms with Crippen LogP contribution in [0.4, 0.5) is 10.1 Å². The fourth-order valence-corrected chi connectivity index (χ4v) is 4.15. The van der Waals surface area contributed by atoms with E-state index in [4.69, 9.17) is 9.47 Å². The number of methoxy groups -OCH3 is 2. The van der Waals surface area contributed by atoms with Gasteiger partial charge in [0.1, 0.15) is 11.6 Å². The second-order valence-electron chi connectivity index (χ2n) is 7.56. The molecule has 4 rings (SSSR count). The Balaban J connectivity index is 1.59. The van der Waals surface area contributed by atoms with Crippen molar-refractivity contribution in [2.45, 2.75) is 12.6 Å². The zero-order chi connectivity index (χ0) is 21.6. The average molecular weight is 428 g/mol. The first-order valence-electron chi connectivity index (χ1n) is 10.4. The summed E-state index contributed by atoms with van der Waals surface area (Å²) in [5.74, 6) is 1.43. The van der Waals surface area contributed by atoms with Crippen LogP contribution in [0.25, 0.3) is 0 Å². The Labute approximate surface area is 181 Å². The molecule has 0 bridgehead atoms. The first kappa shape index (κ1) is 21.2. The van der Waals surface area contributed by atoms with Gasteiger partial charge < -0.3 is 19.3 Å². The monoisotopic (exact) mass is 427 g/mol. The molecule has 3 aromatic rings. The lowest BCUT2D eigenvalue weighted by atomic mass is 10.0. The molecule has 1 N–H and O–H groups in total. The minimum atomic E-state index is -0.179. The third-order valence-corrected chi connectivity index (χ3v) is 5.78. The molecule has 164 valence electrons. The fraction of sp³-hybridized carbons (Fsp3) is 0.409. The molecule has 31 heavy (non-hydrogen) atoms. The number of hydrogen-bond acceptors (Lipinski definition) is 6. The first-order valence-corrected chi connectivity index (χ1v) is 10.4. The highest BCUT2D eigenvalue weighted by Gasteiger charge is 2.34. The Bertz CT molecular complexity index is 972. The van der Waals surface area contributed by atoms with E-state index in [1.165, 1.54) is 11.0 Å². The van der Waals surface area contributed by atoms with Crippen molar-refractivity contribution in [2.75, 3.05) is 51.9 Å². The minimum absolute atomic E-state index is 0.0412. The first-order chi connectivity index (χ1) is 15.2.